The van der Waals surface area contributed by atoms with Crippen LogP contribution < -0.4 is 19.9 Å². The van der Waals surface area contributed by atoms with Gasteiger partial charge in [0.2, 0.25) is 17.5 Å². The number of ether oxygens (including phenoxy) is 1. The first-order valence-electron chi connectivity index (χ1n) is 22.1. The number of hydrogen-bond donors (Lipinski definition) is 1. The van der Waals surface area contributed by atoms with Crippen molar-refractivity contribution < 1.29 is 32.4 Å². The van der Waals surface area contributed by atoms with Gasteiger partial charge in [-0.2, -0.15) is 0 Å². The first kappa shape index (κ1) is 37.7. The van der Waals surface area contributed by atoms with Crippen LogP contribution in [0.3, 0.4) is 0 Å². The number of amides is 4. The number of pyridine rings is 1. The van der Waals surface area contributed by atoms with Gasteiger partial charge < -0.3 is 24.3 Å². The van der Waals surface area contributed by atoms with E-state index < -0.39 is 53.6 Å². The Hall–Kier alpha value is -5.26. The minimum absolute atomic E-state index is 0.132. The number of nitrogens with one attached hydrogen (secondary N) is 1. The van der Waals surface area contributed by atoms with E-state index in [9.17, 15) is 19.2 Å². The second-order valence-electron chi connectivity index (χ2n) is 17.9. The summed E-state index contributed by atoms with van der Waals surface area (Å²) in [7, 11) is 0. The Bertz CT molecular complexity index is 2340. The second kappa shape index (κ2) is 16.0. The zero-order chi connectivity index (χ0) is 45.2. The molecule has 4 amide bonds. The third-order valence-electron chi connectivity index (χ3n) is 13.3. The predicted octanol–water partition coefficient (Wildman–Crippen LogP) is 6.18. The molecule has 0 radical (unpaired) electrons. The number of nitrogens with zero attached hydrogens (tertiary/aromatic N) is 7. The van der Waals surface area contributed by atoms with Crippen molar-refractivity contribution in [2.45, 2.75) is 78.1 Å². The van der Waals surface area contributed by atoms with Crippen molar-refractivity contribution in [3.63, 3.8) is 0 Å². The molecule has 3 aromatic rings. The predicted molar refractivity (Wildman–Crippen MR) is 226 cm³/mol. The number of halogens is 2. The molecule has 2 aromatic carbocycles. The lowest BCUT2D eigenvalue weighted by atomic mass is 9.49. The van der Waals surface area contributed by atoms with Crippen molar-refractivity contribution in [2.75, 3.05) is 62.6 Å². The lowest BCUT2D eigenvalue weighted by Gasteiger charge is -2.65. The zero-order valence-corrected chi connectivity index (χ0v) is 35.1. The number of rotatable bonds is 9. The van der Waals surface area contributed by atoms with E-state index in [1.807, 2.05) is 32.6 Å². The molecule has 3 saturated heterocycles. The summed E-state index contributed by atoms with van der Waals surface area (Å²) in [6, 6.07) is 9.82. The van der Waals surface area contributed by atoms with E-state index in [-0.39, 0.29) is 41.8 Å². The highest BCUT2D eigenvalue weighted by molar-refractivity contribution is 6.33. The summed E-state index contributed by atoms with van der Waals surface area (Å²) in [5.74, 6) is -0.575. The minimum atomic E-state index is -2.74. The number of hydrogen-bond acceptors (Lipinski definition) is 9. The van der Waals surface area contributed by atoms with Crippen molar-refractivity contribution in [3.8, 4) is 5.75 Å². The number of carbonyl (C=O) groups excluding carboxylic acids is 4. The average molecular weight is 842 g/mol. The first-order valence-corrected chi connectivity index (χ1v) is 21.0. The van der Waals surface area contributed by atoms with Gasteiger partial charge in [-0.1, -0.05) is 45.4 Å². The van der Waals surface area contributed by atoms with Crippen LogP contribution in [0.2, 0.25) is 5.02 Å². The van der Waals surface area contributed by atoms with Crippen LogP contribution in [0.5, 0.6) is 5.75 Å². The van der Waals surface area contributed by atoms with Crippen LogP contribution in [0, 0.1) is 29.1 Å². The highest BCUT2D eigenvalue weighted by Gasteiger charge is 2.65. The van der Waals surface area contributed by atoms with Gasteiger partial charge in [-0.3, -0.25) is 29.4 Å². The minimum Gasteiger partial charge on any atom is -0.489 e. The average Bonchev–Trinajstić information content (AvgIpc) is 3.55. The zero-order valence-electron chi connectivity index (χ0n) is 37.3. The molecule has 316 valence electrons. The van der Waals surface area contributed by atoms with Gasteiger partial charge in [-0.15, -0.1) is 0 Å². The van der Waals surface area contributed by atoms with E-state index >= 15 is 4.39 Å². The summed E-state index contributed by atoms with van der Waals surface area (Å²) >= 11 is 6.27. The maximum Gasteiger partial charge on any atom is 0.255 e. The van der Waals surface area contributed by atoms with Crippen LogP contribution in [-0.4, -0.2) is 114 Å². The van der Waals surface area contributed by atoms with Crippen LogP contribution in [0.1, 0.15) is 83.8 Å². The molecule has 5 heterocycles. The summed E-state index contributed by atoms with van der Waals surface area (Å²) in [5.41, 5.74) is 0.277. The largest absolute Gasteiger partial charge is 0.489 e. The van der Waals surface area contributed by atoms with Gasteiger partial charge in [0.1, 0.15) is 29.5 Å². The fourth-order valence-electron chi connectivity index (χ4n) is 10.5. The van der Waals surface area contributed by atoms with Crippen LogP contribution in [-0.2, 0) is 16.1 Å². The van der Waals surface area contributed by atoms with Gasteiger partial charge in [0.15, 0.2) is 0 Å². The van der Waals surface area contributed by atoms with Gasteiger partial charge in [-0.05, 0) is 67.1 Å². The summed E-state index contributed by atoms with van der Waals surface area (Å²) in [5, 5.41) is 2.56. The fraction of sp³-hybridized carbons (Fsp3) is 0.511. The molecule has 1 aromatic heterocycles. The van der Waals surface area contributed by atoms with Gasteiger partial charge in [0.05, 0.1) is 22.8 Å². The lowest BCUT2D eigenvalue weighted by molar-refractivity contribution is -0.195. The molecule has 1 saturated carbocycles. The monoisotopic (exact) mass is 841 g/mol. The lowest BCUT2D eigenvalue weighted by Crippen LogP contribution is -2.74. The number of piperidine rings is 2. The molecule has 4 aliphatic heterocycles. The number of piperazine rings is 1. The van der Waals surface area contributed by atoms with Crippen molar-refractivity contribution in [1.29, 1.82) is 0 Å². The third kappa shape index (κ3) is 7.55. The number of carbonyl (C=O) groups is 4. The molecule has 1 unspecified atom stereocenters. The summed E-state index contributed by atoms with van der Waals surface area (Å²) in [6.07, 6.45) is 3.28. The third-order valence-corrected chi connectivity index (χ3v) is 13.6. The highest BCUT2D eigenvalue weighted by atomic mass is 35.5. The van der Waals surface area contributed by atoms with Gasteiger partial charge >= 0.3 is 0 Å². The van der Waals surface area contributed by atoms with Gasteiger partial charge in [0.25, 0.3) is 11.8 Å². The van der Waals surface area contributed by atoms with Crippen LogP contribution >= 0.6 is 11.6 Å². The first-order chi connectivity index (χ1) is 29.8. The SMILES string of the molecule is [2H]C([2H])([2H])N(C(=O)c1ccc(N2CCC(CN3CCN(c4cc5c(cc4F)CN(C4CCC(=O)NC4=O)C5=O)CC3)CC2)nc1)C1C(C)(C)C(Oc2ccc([N+]#[C-])c(Cl)c2)C1(C)C. The van der Waals surface area contributed by atoms with E-state index in [1.54, 1.807) is 36.4 Å². The van der Waals surface area contributed by atoms with Crippen LogP contribution in [0.4, 0.5) is 21.6 Å². The number of fused-ring (bicyclic) bond motifs is 1. The Morgan fingerprint density at radius 2 is 1.75 bits per heavy atom. The standard InChI is InChI=1S/C45H52ClFN8O5/c1-44(2)42(45(3,4)43(44)60-30-8-9-34(48-5)32(46)22-30)51(6)40(58)28-7-11-37(49-24-28)54-15-13-27(14-16-54)25-52-17-19-53(20-18-52)36-23-31-29(21-33(36)47)26-55(41(31)59)35-10-12-38(56)50-39(35)57/h7-9,11,21-24,27,35,42-43H,10,12-20,25-26H2,1-4,6H3,(H,50,56,57)/i6D3. The maximum atomic E-state index is 15.5. The van der Waals surface area contributed by atoms with Crippen LogP contribution in [0.15, 0.2) is 48.7 Å². The molecule has 1 aliphatic carbocycles. The van der Waals surface area contributed by atoms with Crippen molar-refractivity contribution >= 4 is 52.4 Å². The Kier molecular flexibility index (Phi) is 10.0. The van der Waals surface area contributed by atoms with Crippen LogP contribution in [0.25, 0.3) is 4.85 Å². The Morgan fingerprint density at radius 3 is 2.38 bits per heavy atom. The second-order valence-corrected chi connectivity index (χ2v) is 18.3. The van der Waals surface area contributed by atoms with E-state index in [2.05, 4.69) is 24.9 Å². The highest BCUT2D eigenvalue weighted by Crippen LogP contribution is 2.58. The summed E-state index contributed by atoms with van der Waals surface area (Å²) < 4.78 is 47.3. The smallest absolute Gasteiger partial charge is 0.255 e. The fourth-order valence-corrected chi connectivity index (χ4v) is 10.7. The number of aromatic nitrogens is 1. The molecule has 5 aliphatic rings. The van der Waals surface area contributed by atoms with E-state index in [0.29, 0.717) is 47.3 Å². The van der Waals surface area contributed by atoms with Gasteiger partial charge in [-0.25, -0.2) is 14.2 Å². The van der Waals surface area contributed by atoms with Gasteiger partial charge in [0, 0.05) is 98.5 Å². The molecule has 4 fully saturated rings. The summed E-state index contributed by atoms with van der Waals surface area (Å²) in [4.78, 5) is 68.6. The Balaban J connectivity index is 0.836. The van der Waals surface area contributed by atoms with E-state index in [1.165, 1.54) is 17.2 Å². The molecule has 1 N–H and O–H groups in total. The van der Waals surface area contributed by atoms with Crippen molar-refractivity contribution in [1.82, 2.24) is 25.0 Å². The number of benzene rings is 2. The Morgan fingerprint density at radius 1 is 1.02 bits per heavy atom. The van der Waals surface area contributed by atoms with E-state index in [0.717, 1.165) is 56.3 Å². The molecular weight excluding hydrogens is 787 g/mol. The Labute approximate surface area is 359 Å². The normalized spacial score (nSPS) is 25.0. The topological polar surface area (TPSA) is 123 Å². The molecular formula is C45H52ClFN8O5. The molecule has 8 rings (SSSR count). The summed E-state index contributed by atoms with van der Waals surface area (Å²) in [6.45, 7) is 17.4. The molecule has 0 bridgehead atoms. The van der Waals surface area contributed by atoms with Crippen molar-refractivity contribution in [2.24, 2.45) is 16.7 Å². The van der Waals surface area contributed by atoms with E-state index in [4.69, 9.17) is 27.0 Å². The molecule has 60 heavy (non-hydrogen) atoms. The number of anilines is 2. The molecule has 1 atom stereocenters. The maximum absolute atomic E-state index is 15.5. The molecule has 13 nitrogen and oxygen atoms in total. The molecule has 0 spiro atoms. The van der Waals surface area contributed by atoms with Crippen molar-refractivity contribution in [3.05, 3.63) is 87.6 Å². The number of imide groups is 1. The quantitative estimate of drug-likeness (QED) is 0.199. The molecule has 15 heteroatoms.